The third-order valence-electron chi connectivity index (χ3n) is 2.33. The highest BCUT2D eigenvalue weighted by Gasteiger charge is 2.17. The molecule has 0 aromatic rings. The molecule has 0 saturated heterocycles. The fourth-order valence-electron chi connectivity index (χ4n) is 1.64. The van der Waals surface area contributed by atoms with Crippen molar-refractivity contribution in [3.05, 3.63) is 0 Å². The number of carbonyl (C=O) groups is 2. The van der Waals surface area contributed by atoms with Crippen LogP contribution >= 0.6 is 0 Å². The maximum absolute atomic E-state index is 11.5. The van der Waals surface area contributed by atoms with E-state index in [0.717, 1.165) is 19.3 Å². The van der Waals surface area contributed by atoms with Crippen LogP contribution < -0.4 is 10.6 Å². The van der Waals surface area contributed by atoms with Crippen molar-refractivity contribution in [1.82, 2.24) is 10.6 Å². The second-order valence-corrected chi connectivity index (χ2v) is 4.15. The Labute approximate surface area is 91.8 Å². The molecule has 4 nitrogen and oxygen atoms in total. The van der Waals surface area contributed by atoms with Crippen molar-refractivity contribution in [2.24, 2.45) is 11.8 Å². The Bertz CT molecular complexity index is 193. The third kappa shape index (κ3) is 6.94. The Morgan fingerprint density at radius 2 is 2.07 bits per heavy atom. The second-order valence-electron chi connectivity index (χ2n) is 4.15. The Kier molecular flexibility index (Phi) is 7.68. The fourth-order valence-corrected chi connectivity index (χ4v) is 1.64. The van der Waals surface area contributed by atoms with Gasteiger partial charge in [0, 0.05) is 19.5 Å². The fraction of sp³-hybridized carbons (Fsp3) is 0.818. The molecule has 15 heavy (non-hydrogen) atoms. The Morgan fingerprint density at radius 1 is 1.40 bits per heavy atom. The number of hydrogen-bond acceptors (Lipinski definition) is 2. The van der Waals surface area contributed by atoms with Crippen LogP contribution in [-0.4, -0.2) is 25.9 Å². The van der Waals surface area contributed by atoms with Crippen LogP contribution in [0, 0.1) is 11.8 Å². The zero-order chi connectivity index (χ0) is 11.7. The first kappa shape index (κ1) is 13.9. The van der Waals surface area contributed by atoms with Crippen LogP contribution in [0.3, 0.4) is 0 Å². The van der Waals surface area contributed by atoms with Crippen molar-refractivity contribution in [1.29, 1.82) is 0 Å². The molecule has 0 aliphatic heterocycles. The predicted molar refractivity (Wildman–Crippen MR) is 60.3 cm³/mol. The molecule has 0 spiro atoms. The summed E-state index contributed by atoms with van der Waals surface area (Å²) in [7, 11) is 1.67. The van der Waals surface area contributed by atoms with Gasteiger partial charge in [0.1, 0.15) is 0 Å². The van der Waals surface area contributed by atoms with Gasteiger partial charge in [-0.05, 0) is 25.2 Å². The average molecular weight is 214 g/mol. The minimum absolute atomic E-state index is 0.0726. The zero-order valence-electron chi connectivity index (χ0n) is 9.88. The molecule has 0 saturated carbocycles. The van der Waals surface area contributed by atoms with Crippen LogP contribution in [0.2, 0.25) is 0 Å². The molecule has 1 atom stereocenters. The monoisotopic (exact) mass is 214 g/mol. The Hall–Kier alpha value is -1.06. The van der Waals surface area contributed by atoms with E-state index in [0.29, 0.717) is 18.9 Å². The summed E-state index contributed by atoms with van der Waals surface area (Å²) in [6.45, 7) is 4.87. The van der Waals surface area contributed by atoms with Crippen molar-refractivity contribution in [3.8, 4) is 0 Å². The molecule has 2 amide bonds. The molecule has 2 N–H and O–H groups in total. The summed E-state index contributed by atoms with van der Waals surface area (Å²) < 4.78 is 0. The number of nitrogens with one attached hydrogen (secondary N) is 2. The Morgan fingerprint density at radius 3 is 2.53 bits per heavy atom. The van der Waals surface area contributed by atoms with E-state index in [4.69, 9.17) is 0 Å². The van der Waals surface area contributed by atoms with Gasteiger partial charge < -0.3 is 10.6 Å². The summed E-state index contributed by atoms with van der Waals surface area (Å²) in [4.78, 5) is 21.5. The van der Waals surface area contributed by atoms with Gasteiger partial charge in [0.15, 0.2) is 0 Å². The van der Waals surface area contributed by atoms with Crippen molar-refractivity contribution >= 4 is 12.3 Å². The summed E-state index contributed by atoms with van der Waals surface area (Å²) in [6, 6.07) is 0. The van der Waals surface area contributed by atoms with Crippen molar-refractivity contribution < 1.29 is 9.59 Å². The van der Waals surface area contributed by atoms with Gasteiger partial charge in [0.2, 0.25) is 12.3 Å². The van der Waals surface area contributed by atoms with Gasteiger partial charge in [-0.1, -0.05) is 13.8 Å². The molecule has 0 fully saturated rings. The van der Waals surface area contributed by atoms with Crippen LogP contribution in [0.15, 0.2) is 0 Å². The summed E-state index contributed by atoms with van der Waals surface area (Å²) in [6.07, 6.45) is 3.28. The minimum Gasteiger partial charge on any atom is -0.359 e. The lowest BCUT2D eigenvalue weighted by Crippen LogP contribution is -2.29. The summed E-state index contributed by atoms with van der Waals surface area (Å²) >= 11 is 0. The number of carbonyl (C=O) groups excluding carboxylic acids is 2. The lowest BCUT2D eigenvalue weighted by molar-refractivity contribution is -0.125. The lowest BCUT2D eigenvalue weighted by atomic mass is 9.92. The minimum atomic E-state index is 0.0726. The van der Waals surface area contributed by atoms with E-state index in [2.05, 4.69) is 24.5 Å². The highest BCUT2D eigenvalue weighted by molar-refractivity contribution is 5.78. The molecular weight excluding hydrogens is 192 g/mol. The quantitative estimate of drug-likeness (QED) is 0.466. The van der Waals surface area contributed by atoms with E-state index in [-0.39, 0.29) is 11.8 Å². The molecule has 0 heterocycles. The van der Waals surface area contributed by atoms with E-state index in [1.807, 2.05) is 0 Å². The first-order valence-corrected chi connectivity index (χ1v) is 5.50. The van der Waals surface area contributed by atoms with E-state index < -0.39 is 0 Å². The summed E-state index contributed by atoms with van der Waals surface area (Å²) in [5.74, 6) is 0.699. The van der Waals surface area contributed by atoms with E-state index in [1.54, 1.807) is 7.05 Å². The largest absolute Gasteiger partial charge is 0.359 e. The van der Waals surface area contributed by atoms with Crippen molar-refractivity contribution in [2.45, 2.75) is 33.1 Å². The lowest BCUT2D eigenvalue weighted by Gasteiger charge is -2.17. The van der Waals surface area contributed by atoms with Gasteiger partial charge in [-0.2, -0.15) is 0 Å². The van der Waals surface area contributed by atoms with Crippen molar-refractivity contribution in [2.75, 3.05) is 13.6 Å². The van der Waals surface area contributed by atoms with E-state index in [1.165, 1.54) is 0 Å². The van der Waals surface area contributed by atoms with Crippen LogP contribution in [0.4, 0.5) is 0 Å². The van der Waals surface area contributed by atoms with Crippen LogP contribution in [0.1, 0.15) is 33.1 Å². The molecule has 0 aromatic carbocycles. The third-order valence-corrected chi connectivity index (χ3v) is 2.33. The smallest absolute Gasteiger partial charge is 0.222 e. The second kappa shape index (κ2) is 8.26. The molecule has 0 radical (unpaired) electrons. The van der Waals surface area contributed by atoms with Gasteiger partial charge in [-0.3, -0.25) is 9.59 Å². The SMILES string of the molecule is CNC(=O)C(CCCNC=O)CC(C)C. The molecule has 1 unspecified atom stereocenters. The highest BCUT2D eigenvalue weighted by atomic mass is 16.1. The highest BCUT2D eigenvalue weighted by Crippen LogP contribution is 2.16. The normalized spacial score (nSPS) is 12.3. The van der Waals surface area contributed by atoms with E-state index in [9.17, 15) is 9.59 Å². The molecule has 88 valence electrons. The molecule has 0 aliphatic rings. The van der Waals surface area contributed by atoms with Gasteiger partial charge in [0.05, 0.1) is 0 Å². The zero-order valence-corrected chi connectivity index (χ0v) is 9.88. The molecule has 0 rings (SSSR count). The Balaban J connectivity index is 3.90. The maximum Gasteiger partial charge on any atom is 0.222 e. The topological polar surface area (TPSA) is 58.2 Å². The summed E-state index contributed by atoms with van der Waals surface area (Å²) in [5, 5.41) is 5.28. The number of hydrogen-bond donors (Lipinski definition) is 2. The molecule has 4 heteroatoms. The molecule has 0 aliphatic carbocycles. The first-order valence-electron chi connectivity index (χ1n) is 5.50. The van der Waals surface area contributed by atoms with E-state index >= 15 is 0 Å². The molecule has 0 bridgehead atoms. The van der Waals surface area contributed by atoms with Gasteiger partial charge in [-0.25, -0.2) is 0 Å². The van der Waals surface area contributed by atoms with Gasteiger partial charge in [0.25, 0.3) is 0 Å². The summed E-state index contributed by atoms with van der Waals surface area (Å²) in [5.41, 5.74) is 0. The molecule has 0 aromatic heterocycles. The maximum atomic E-state index is 11.5. The van der Waals surface area contributed by atoms with Gasteiger partial charge in [-0.15, -0.1) is 0 Å². The van der Waals surface area contributed by atoms with Crippen LogP contribution in [0.25, 0.3) is 0 Å². The predicted octanol–water partition coefficient (Wildman–Crippen LogP) is 0.921. The average Bonchev–Trinajstić information content (AvgIpc) is 2.21. The number of amides is 2. The van der Waals surface area contributed by atoms with Gasteiger partial charge >= 0.3 is 0 Å². The number of rotatable bonds is 8. The van der Waals surface area contributed by atoms with Crippen LogP contribution in [-0.2, 0) is 9.59 Å². The first-order chi connectivity index (χ1) is 7.11. The van der Waals surface area contributed by atoms with Crippen molar-refractivity contribution in [3.63, 3.8) is 0 Å². The van der Waals surface area contributed by atoms with Crippen LogP contribution in [0.5, 0.6) is 0 Å². The molecular formula is C11H22N2O2. The standard InChI is InChI=1S/C11H22N2O2/c1-9(2)7-10(11(15)12-3)5-4-6-13-8-14/h8-10H,4-7H2,1-3H3,(H,12,15)(H,13,14).